The Morgan fingerprint density at radius 2 is 2.29 bits per heavy atom. The minimum atomic E-state index is -1.19. The first-order chi connectivity index (χ1) is 9.97. The van der Waals surface area contributed by atoms with Crippen molar-refractivity contribution in [2.45, 2.75) is 32.0 Å². The van der Waals surface area contributed by atoms with Crippen LogP contribution in [0.3, 0.4) is 0 Å². The van der Waals surface area contributed by atoms with Gasteiger partial charge >= 0.3 is 5.97 Å². The molecule has 0 aliphatic carbocycles. The highest BCUT2D eigenvalue weighted by molar-refractivity contribution is 5.94. The summed E-state index contributed by atoms with van der Waals surface area (Å²) in [4.78, 5) is 22.5. The molecule has 1 heterocycles. The highest BCUT2D eigenvalue weighted by atomic mass is 19.1. The summed E-state index contributed by atoms with van der Waals surface area (Å²) in [6.07, 6.45) is -0.194. The molecule has 0 aromatic heterocycles. The van der Waals surface area contributed by atoms with Gasteiger partial charge in [0, 0.05) is 18.4 Å². The number of carboxylic acids is 1. The molecule has 1 amide bonds. The van der Waals surface area contributed by atoms with Crippen molar-refractivity contribution in [3.63, 3.8) is 0 Å². The first-order valence-corrected chi connectivity index (χ1v) is 6.59. The van der Waals surface area contributed by atoms with E-state index in [1.54, 1.807) is 0 Å². The van der Waals surface area contributed by atoms with E-state index >= 15 is 0 Å². The SMILES string of the molecule is CC(Oc1ccc(NC(=O)[C@@H]2CCCO2)cc1F)C(=O)O. The number of rotatable bonds is 5. The molecule has 1 unspecified atom stereocenters. The molecular weight excluding hydrogens is 281 g/mol. The lowest BCUT2D eigenvalue weighted by atomic mass is 10.2. The maximum Gasteiger partial charge on any atom is 0.344 e. The van der Waals surface area contributed by atoms with Gasteiger partial charge in [-0.3, -0.25) is 4.79 Å². The molecule has 1 aromatic rings. The first-order valence-electron chi connectivity index (χ1n) is 6.59. The maximum atomic E-state index is 13.8. The Labute approximate surface area is 120 Å². The molecule has 1 saturated heterocycles. The second-order valence-electron chi connectivity index (χ2n) is 4.73. The van der Waals surface area contributed by atoms with Gasteiger partial charge in [0.1, 0.15) is 6.10 Å². The number of benzene rings is 1. The van der Waals surface area contributed by atoms with Gasteiger partial charge in [-0.2, -0.15) is 0 Å². The summed E-state index contributed by atoms with van der Waals surface area (Å²) in [7, 11) is 0. The molecule has 21 heavy (non-hydrogen) atoms. The molecule has 0 spiro atoms. The van der Waals surface area contributed by atoms with E-state index < -0.39 is 24.0 Å². The molecule has 6 nitrogen and oxygen atoms in total. The van der Waals surface area contributed by atoms with Crippen LogP contribution in [0.4, 0.5) is 10.1 Å². The van der Waals surface area contributed by atoms with E-state index in [1.165, 1.54) is 19.1 Å². The van der Waals surface area contributed by atoms with Crippen molar-refractivity contribution in [2.75, 3.05) is 11.9 Å². The lowest BCUT2D eigenvalue weighted by Crippen LogP contribution is -2.27. The van der Waals surface area contributed by atoms with E-state index in [0.717, 1.165) is 12.5 Å². The van der Waals surface area contributed by atoms with E-state index in [1.807, 2.05) is 0 Å². The Hall–Kier alpha value is -2.15. The van der Waals surface area contributed by atoms with Crippen LogP contribution in [0.25, 0.3) is 0 Å². The summed E-state index contributed by atoms with van der Waals surface area (Å²) in [6.45, 7) is 1.85. The summed E-state index contributed by atoms with van der Waals surface area (Å²) >= 11 is 0. The number of carbonyl (C=O) groups is 2. The molecule has 7 heteroatoms. The van der Waals surface area contributed by atoms with Crippen molar-refractivity contribution in [2.24, 2.45) is 0 Å². The first kappa shape index (κ1) is 15.2. The summed E-state index contributed by atoms with van der Waals surface area (Å²) in [5.41, 5.74) is 0.267. The molecule has 2 rings (SSSR count). The highest BCUT2D eigenvalue weighted by Gasteiger charge is 2.24. The molecule has 0 bridgehead atoms. The van der Waals surface area contributed by atoms with Crippen molar-refractivity contribution in [3.8, 4) is 5.75 Å². The molecule has 0 radical (unpaired) electrons. The third kappa shape index (κ3) is 3.91. The fraction of sp³-hybridized carbons (Fsp3) is 0.429. The monoisotopic (exact) mass is 297 g/mol. The van der Waals surface area contributed by atoms with Crippen LogP contribution in [0.5, 0.6) is 5.75 Å². The van der Waals surface area contributed by atoms with Crippen LogP contribution >= 0.6 is 0 Å². The second kappa shape index (κ2) is 6.53. The number of hydrogen-bond donors (Lipinski definition) is 2. The number of hydrogen-bond acceptors (Lipinski definition) is 4. The van der Waals surface area contributed by atoms with E-state index in [-0.39, 0.29) is 17.3 Å². The fourth-order valence-corrected chi connectivity index (χ4v) is 1.92. The topological polar surface area (TPSA) is 84.9 Å². The Morgan fingerprint density at radius 1 is 1.52 bits per heavy atom. The van der Waals surface area contributed by atoms with Crippen LogP contribution in [-0.2, 0) is 14.3 Å². The summed E-state index contributed by atoms with van der Waals surface area (Å²) in [6, 6.07) is 3.80. The molecule has 0 saturated carbocycles. The Bertz CT molecular complexity index is 542. The van der Waals surface area contributed by atoms with Crippen molar-refractivity contribution < 1.29 is 28.6 Å². The average molecular weight is 297 g/mol. The molecule has 1 aromatic carbocycles. The van der Waals surface area contributed by atoms with Crippen LogP contribution in [0, 0.1) is 5.82 Å². The zero-order valence-corrected chi connectivity index (χ0v) is 11.5. The Morgan fingerprint density at radius 3 is 2.86 bits per heavy atom. The fourth-order valence-electron chi connectivity index (χ4n) is 1.92. The van der Waals surface area contributed by atoms with Gasteiger partial charge in [0.25, 0.3) is 5.91 Å². The van der Waals surface area contributed by atoms with E-state index in [4.69, 9.17) is 14.6 Å². The van der Waals surface area contributed by atoms with E-state index in [9.17, 15) is 14.0 Å². The summed E-state index contributed by atoms with van der Waals surface area (Å²) in [5, 5.41) is 11.3. The molecule has 2 atom stereocenters. The summed E-state index contributed by atoms with van der Waals surface area (Å²) < 4.78 is 24.0. The Kier molecular flexibility index (Phi) is 4.74. The van der Waals surface area contributed by atoms with Gasteiger partial charge in [0.15, 0.2) is 17.7 Å². The average Bonchev–Trinajstić information content (AvgIpc) is 2.95. The van der Waals surface area contributed by atoms with Crippen LogP contribution in [0.1, 0.15) is 19.8 Å². The smallest absolute Gasteiger partial charge is 0.344 e. The number of nitrogens with one attached hydrogen (secondary N) is 1. The third-order valence-corrected chi connectivity index (χ3v) is 3.07. The standard InChI is InChI=1S/C14H16FNO5/c1-8(14(18)19)21-11-5-4-9(7-10(11)15)16-13(17)12-3-2-6-20-12/h4-5,7-8,12H,2-3,6H2,1H3,(H,16,17)(H,18,19)/t8?,12-/m0/s1. The lowest BCUT2D eigenvalue weighted by molar-refractivity contribution is -0.144. The number of carboxylic acid groups (broad SMARTS) is 1. The van der Waals surface area contributed by atoms with Gasteiger partial charge in [-0.25, -0.2) is 9.18 Å². The third-order valence-electron chi connectivity index (χ3n) is 3.07. The number of halogens is 1. The van der Waals surface area contributed by atoms with Crippen LogP contribution < -0.4 is 10.1 Å². The number of aliphatic carboxylic acids is 1. The lowest BCUT2D eigenvalue weighted by Gasteiger charge is -2.13. The van der Waals surface area contributed by atoms with Gasteiger partial charge in [-0.1, -0.05) is 0 Å². The number of anilines is 1. The van der Waals surface area contributed by atoms with Gasteiger partial charge in [-0.15, -0.1) is 0 Å². The van der Waals surface area contributed by atoms with Crippen LogP contribution in [0.2, 0.25) is 0 Å². The van der Waals surface area contributed by atoms with Crippen molar-refractivity contribution in [3.05, 3.63) is 24.0 Å². The van der Waals surface area contributed by atoms with E-state index in [2.05, 4.69) is 5.32 Å². The van der Waals surface area contributed by atoms with Gasteiger partial charge in [0.05, 0.1) is 0 Å². The van der Waals surface area contributed by atoms with Crippen LogP contribution in [0.15, 0.2) is 18.2 Å². The minimum Gasteiger partial charge on any atom is -0.479 e. The molecule has 114 valence electrons. The quantitative estimate of drug-likeness (QED) is 0.865. The Balaban J connectivity index is 2.01. The van der Waals surface area contributed by atoms with Gasteiger partial charge in [0.2, 0.25) is 0 Å². The van der Waals surface area contributed by atoms with Crippen molar-refractivity contribution in [1.82, 2.24) is 0 Å². The predicted molar refractivity (Wildman–Crippen MR) is 71.7 cm³/mol. The van der Waals surface area contributed by atoms with Gasteiger partial charge in [-0.05, 0) is 31.9 Å². The largest absolute Gasteiger partial charge is 0.479 e. The number of carbonyl (C=O) groups excluding carboxylic acids is 1. The number of amides is 1. The highest BCUT2D eigenvalue weighted by Crippen LogP contribution is 2.23. The molecular formula is C14H16FNO5. The molecule has 2 N–H and O–H groups in total. The zero-order chi connectivity index (χ0) is 15.4. The molecule has 1 aliphatic rings. The minimum absolute atomic E-state index is 0.181. The van der Waals surface area contributed by atoms with E-state index in [0.29, 0.717) is 13.0 Å². The predicted octanol–water partition coefficient (Wildman–Crippen LogP) is 1.80. The molecule has 1 fully saturated rings. The van der Waals surface area contributed by atoms with Crippen molar-refractivity contribution >= 4 is 17.6 Å². The normalized spacial score (nSPS) is 19.0. The maximum absolute atomic E-state index is 13.8. The van der Waals surface area contributed by atoms with Crippen LogP contribution in [-0.4, -0.2) is 35.8 Å². The molecule has 1 aliphatic heterocycles. The number of ether oxygens (including phenoxy) is 2. The zero-order valence-electron chi connectivity index (χ0n) is 11.5. The van der Waals surface area contributed by atoms with Crippen molar-refractivity contribution in [1.29, 1.82) is 0 Å². The van der Waals surface area contributed by atoms with Gasteiger partial charge < -0.3 is 19.9 Å². The summed E-state index contributed by atoms with van der Waals surface area (Å²) in [5.74, 6) is -2.43. The second-order valence-corrected chi connectivity index (χ2v) is 4.73.